The van der Waals surface area contributed by atoms with Gasteiger partial charge in [0.05, 0.1) is 11.6 Å². The number of rotatable bonds is 2. The van der Waals surface area contributed by atoms with Gasteiger partial charge in [-0.05, 0) is 61.4 Å². The molecule has 2 aliphatic rings. The minimum Gasteiger partial charge on any atom is -0.507 e. The van der Waals surface area contributed by atoms with Gasteiger partial charge in [0.25, 0.3) is 0 Å². The lowest BCUT2D eigenvalue weighted by atomic mass is 9.97. The molecule has 6 heteroatoms. The van der Waals surface area contributed by atoms with E-state index in [1.54, 1.807) is 0 Å². The van der Waals surface area contributed by atoms with E-state index in [-0.39, 0.29) is 11.8 Å². The normalized spacial score (nSPS) is 19.3. The summed E-state index contributed by atoms with van der Waals surface area (Å²) in [6, 6.07) is 5.91. The highest BCUT2D eigenvalue weighted by Crippen LogP contribution is 2.40. The Kier molecular flexibility index (Phi) is 3.67. The Balaban J connectivity index is 1.55. The first kappa shape index (κ1) is 16.3. The molecule has 1 aliphatic heterocycles. The van der Waals surface area contributed by atoms with Gasteiger partial charge in [0, 0.05) is 18.5 Å². The molecule has 1 aromatic carbocycles. The molecule has 3 heterocycles. The number of phenols is 1. The molecule has 1 aliphatic carbocycles. The number of pyridine rings is 1. The van der Waals surface area contributed by atoms with E-state index in [0.717, 1.165) is 42.4 Å². The Bertz CT molecular complexity index is 1060. The number of benzene rings is 1. The highest BCUT2D eigenvalue weighted by molar-refractivity contribution is 5.79. The molecule has 1 atom stereocenters. The highest BCUT2D eigenvalue weighted by atomic mass is 16.3. The van der Waals surface area contributed by atoms with Crippen LogP contribution >= 0.6 is 0 Å². The largest absolute Gasteiger partial charge is 0.507 e. The van der Waals surface area contributed by atoms with Gasteiger partial charge in [-0.15, -0.1) is 0 Å². The fraction of sp³-hybridized carbons (Fsp3) is 0.381. The van der Waals surface area contributed by atoms with Crippen molar-refractivity contribution in [1.82, 2.24) is 15.3 Å². The maximum Gasteiger partial charge on any atom is 0.220 e. The second kappa shape index (κ2) is 6.08. The van der Waals surface area contributed by atoms with Gasteiger partial charge in [-0.1, -0.05) is 6.07 Å². The van der Waals surface area contributed by atoms with E-state index in [1.165, 1.54) is 5.56 Å². The number of carbonyl (C=O) groups is 1. The van der Waals surface area contributed by atoms with Crippen LogP contribution < -0.4 is 5.32 Å². The Morgan fingerprint density at radius 3 is 2.93 bits per heavy atom. The lowest BCUT2D eigenvalue weighted by Crippen LogP contribution is -2.33. The predicted molar refractivity (Wildman–Crippen MR) is 101 cm³/mol. The third-order valence-corrected chi connectivity index (χ3v) is 5.71. The first-order valence-electron chi connectivity index (χ1n) is 9.49. The lowest BCUT2D eigenvalue weighted by Gasteiger charge is -2.18. The van der Waals surface area contributed by atoms with Crippen LogP contribution in [-0.4, -0.2) is 27.5 Å². The van der Waals surface area contributed by atoms with Crippen LogP contribution in [0.2, 0.25) is 0 Å². The summed E-state index contributed by atoms with van der Waals surface area (Å²) in [4.78, 5) is 20.6. The summed E-state index contributed by atoms with van der Waals surface area (Å²) in [6.07, 6.45) is 4.25. The van der Waals surface area contributed by atoms with Gasteiger partial charge in [0.2, 0.25) is 11.8 Å². The molecule has 3 aromatic rings. The number of fused-ring (bicyclic) bond motifs is 2. The molecule has 1 saturated heterocycles. The SMILES string of the molecule is Cc1cc2c(c(O)c1-c1ccc3oc([C@H]4CCC(=O)NC4)nc3n1)CCC2. The summed E-state index contributed by atoms with van der Waals surface area (Å²) >= 11 is 0. The van der Waals surface area contributed by atoms with Gasteiger partial charge < -0.3 is 14.8 Å². The van der Waals surface area contributed by atoms with Gasteiger partial charge in [-0.2, -0.15) is 4.98 Å². The lowest BCUT2D eigenvalue weighted by molar-refractivity contribution is -0.122. The fourth-order valence-corrected chi connectivity index (χ4v) is 4.28. The molecule has 1 amide bonds. The van der Waals surface area contributed by atoms with E-state index in [9.17, 15) is 9.90 Å². The third kappa shape index (κ3) is 2.67. The van der Waals surface area contributed by atoms with Gasteiger partial charge >= 0.3 is 0 Å². The van der Waals surface area contributed by atoms with Crippen LogP contribution in [0.25, 0.3) is 22.5 Å². The summed E-state index contributed by atoms with van der Waals surface area (Å²) in [5.41, 5.74) is 5.99. The number of amides is 1. The molecule has 1 fully saturated rings. The summed E-state index contributed by atoms with van der Waals surface area (Å²) in [6.45, 7) is 2.56. The van der Waals surface area contributed by atoms with Crippen molar-refractivity contribution < 1.29 is 14.3 Å². The predicted octanol–water partition coefficient (Wildman–Crippen LogP) is 3.39. The monoisotopic (exact) mass is 363 g/mol. The van der Waals surface area contributed by atoms with Crippen molar-refractivity contribution in [2.45, 2.75) is 44.9 Å². The number of piperidine rings is 1. The quantitative estimate of drug-likeness (QED) is 0.729. The maximum absolute atomic E-state index is 11.4. The third-order valence-electron chi connectivity index (χ3n) is 5.71. The highest BCUT2D eigenvalue weighted by Gasteiger charge is 2.25. The first-order valence-corrected chi connectivity index (χ1v) is 9.49. The van der Waals surface area contributed by atoms with Crippen molar-refractivity contribution in [3.63, 3.8) is 0 Å². The standard InChI is InChI=1S/C21H21N3O3/c1-11-9-12-3-2-4-14(12)19(26)18(11)15-6-7-16-20(23-15)24-21(27-16)13-5-8-17(25)22-10-13/h6-7,9,13,26H,2-5,8,10H2,1H3,(H,22,25)/t13-/m0/s1. The average Bonchev–Trinajstić information content (AvgIpc) is 3.28. The molecule has 0 unspecified atom stereocenters. The molecule has 2 aromatic heterocycles. The van der Waals surface area contributed by atoms with Gasteiger partial charge in [0.1, 0.15) is 5.75 Å². The number of carbonyl (C=O) groups excluding carboxylic acids is 1. The van der Waals surface area contributed by atoms with E-state index in [1.807, 2.05) is 19.1 Å². The van der Waals surface area contributed by atoms with Crippen LogP contribution in [0.1, 0.15) is 47.8 Å². The minimum atomic E-state index is 0.0744. The van der Waals surface area contributed by atoms with E-state index in [0.29, 0.717) is 41.5 Å². The Morgan fingerprint density at radius 2 is 2.11 bits per heavy atom. The van der Waals surface area contributed by atoms with E-state index in [4.69, 9.17) is 4.42 Å². The van der Waals surface area contributed by atoms with Gasteiger partial charge in [-0.25, -0.2) is 4.98 Å². The summed E-state index contributed by atoms with van der Waals surface area (Å²) < 4.78 is 5.88. The zero-order valence-electron chi connectivity index (χ0n) is 15.2. The number of nitrogens with one attached hydrogen (secondary N) is 1. The molecular formula is C21H21N3O3. The zero-order chi connectivity index (χ0) is 18.5. The van der Waals surface area contributed by atoms with Crippen molar-refractivity contribution in [2.24, 2.45) is 0 Å². The Hall–Kier alpha value is -2.89. The Labute approximate surface area is 156 Å². The van der Waals surface area contributed by atoms with Crippen molar-refractivity contribution in [3.8, 4) is 17.0 Å². The number of nitrogens with zero attached hydrogens (tertiary/aromatic N) is 2. The topological polar surface area (TPSA) is 88.3 Å². The van der Waals surface area contributed by atoms with Crippen LogP contribution in [0, 0.1) is 6.92 Å². The van der Waals surface area contributed by atoms with Gasteiger partial charge in [-0.3, -0.25) is 4.79 Å². The minimum absolute atomic E-state index is 0.0744. The number of hydrogen-bond acceptors (Lipinski definition) is 5. The maximum atomic E-state index is 11.4. The second-order valence-electron chi connectivity index (χ2n) is 7.52. The van der Waals surface area contributed by atoms with Gasteiger partial charge in [0.15, 0.2) is 11.2 Å². The van der Waals surface area contributed by atoms with E-state index in [2.05, 4.69) is 21.4 Å². The molecule has 0 bridgehead atoms. The molecule has 6 nitrogen and oxygen atoms in total. The molecular weight excluding hydrogens is 342 g/mol. The van der Waals surface area contributed by atoms with Crippen molar-refractivity contribution in [2.75, 3.05) is 6.54 Å². The number of aryl methyl sites for hydroxylation is 2. The summed E-state index contributed by atoms with van der Waals surface area (Å²) in [5, 5.41) is 13.7. The molecule has 0 spiro atoms. The van der Waals surface area contributed by atoms with Crippen molar-refractivity contribution >= 4 is 17.1 Å². The number of oxazole rings is 1. The zero-order valence-corrected chi connectivity index (χ0v) is 15.2. The van der Waals surface area contributed by atoms with Crippen LogP contribution in [0.4, 0.5) is 0 Å². The number of aromatic nitrogens is 2. The van der Waals surface area contributed by atoms with Crippen LogP contribution in [0.5, 0.6) is 5.75 Å². The molecule has 0 radical (unpaired) electrons. The number of hydrogen-bond donors (Lipinski definition) is 2. The van der Waals surface area contributed by atoms with E-state index < -0.39 is 0 Å². The van der Waals surface area contributed by atoms with Crippen molar-refractivity contribution in [1.29, 1.82) is 0 Å². The smallest absolute Gasteiger partial charge is 0.220 e. The number of phenolic OH excluding ortho intramolecular Hbond substituents is 1. The van der Waals surface area contributed by atoms with Crippen molar-refractivity contribution in [3.05, 3.63) is 40.8 Å². The molecule has 27 heavy (non-hydrogen) atoms. The first-order chi connectivity index (χ1) is 13.1. The fourth-order valence-electron chi connectivity index (χ4n) is 4.28. The Morgan fingerprint density at radius 1 is 1.22 bits per heavy atom. The average molecular weight is 363 g/mol. The summed E-state index contributed by atoms with van der Waals surface area (Å²) in [5.74, 6) is 1.12. The van der Waals surface area contributed by atoms with Crippen LogP contribution in [0.15, 0.2) is 22.6 Å². The summed E-state index contributed by atoms with van der Waals surface area (Å²) in [7, 11) is 0. The number of aromatic hydroxyl groups is 1. The molecule has 5 rings (SSSR count). The molecule has 2 N–H and O–H groups in total. The van der Waals surface area contributed by atoms with E-state index >= 15 is 0 Å². The van der Waals surface area contributed by atoms with Crippen LogP contribution in [-0.2, 0) is 17.6 Å². The second-order valence-corrected chi connectivity index (χ2v) is 7.52. The molecule has 0 saturated carbocycles. The molecule has 138 valence electrons. The van der Waals surface area contributed by atoms with Crippen LogP contribution in [0.3, 0.4) is 0 Å².